The SMILES string of the molecule is CC[C@@H](C)N(CC(=O)N1CCCN(c2ccc(-c3cccc(OC)c3)nn2)CC1)C(=O)c1cccs1. The third-order valence-electron chi connectivity index (χ3n) is 6.61. The summed E-state index contributed by atoms with van der Waals surface area (Å²) in [5.74, 6) is 1.49. The number of rotatable bonds is 8. The number of anilines is 1. The lowest BCUT2D eigenvalue weighted by Crippen LogP contribution is -2.47. The molecule has 3 aromatic rings. The van der Waals surface area contributed by atoms with Gasteiger partial charge >= 0.3 is 0 Å². The van der Waals surface area contributed by atoms with Crippen molar-refractivity contribution >= 4 is 29.0 Å². The molecule has 2 amide bonds. The second-order valence-electron chi connectivity index (χ2n) is 8.90. The number of hydrogen-bond acceptors (Lipinski definition) is 7. The van der Waals surface area contributed by atoms with Gasteiger partial charge in [-0.2, -0.15) is 0 Å². The molecule has 1 aliphatic heterocycles. The van der Waals surface area contributed by atoms with Crippen molar-refractivity contribution in [3.05, 3.63) is 58.8 Å². The van der Waals surface area contributed by atoms with Gasteiger partial charge < -0.3 is 19.4 Å². The molecule has 1 atom stereocenters. The van der Waals surface area contributed by atoms with Gasteiger partial charge in [0.1, 0.15) is 12.3 Å². The molecule has 0 unspecified atom stereocenters. The van der Waals surface area contributed by atoms with Crippen LogP contribution in [0.25, 0.3) is 11.3 Å². The van der Waals surface area contributed by atoms with Crippen LogP contribution in [0.15, 0.2) is 53.9 Å². The average molecular weight is 508 g/mol. The molecule has 0 aliphatic carbocycles. The minimum Gasteiger partial charge on any atom is -0.497 e. The Hall–Kier alpha value is -3.46. The zero-order valence-electron chi connectivity index (χ0n) is 21.1. The van der Waals surface area contributed by atoms with Crippen molar-refractivity contribution in [1.82, 2.24) is 20.0 Å². The summed E-state index contributed by atoms with van der Waals surface area (Å²) < 4.78 is 5.30. The summed E-state index contributed by atoms with van der Waals surface area (Å²) in [4.78, 5) is 32.7. The van der Waals surface area contributed by atoms with Crippen LogP contribution in [0, 0.1) is 0 Å². The van der Waals surface area contributed by atoms with E-state index in [0.29, 0.717) is 24.5 Å². The van der Waals surface area contributed by atoms with Crippen LogP contribution in [-0.2, 0) is 4.79 Å². The van der Waals surface area contributed by atoms with E-state index in [9.17, 15) is 9.59 Å². The predicted octanol–water partition coefficient (Wildman–Crippen LogP) is 4.19. The molecular weight excluding hydrogens is 474 g/mol. The minimum absolute atomic E-state index is 0.00889. The van der Waals surface area contributed by atoms with Crippen LogP contribution in [-0.4, -0.2) is 77.7 Å². The van der Waals surface area contributed by atoms with Gasteiger partial charge in [0.2, 0.25) is 5.91 Å². The van der Waals surface area contributed by atoms with E-state index in [1.54, 1.807) is 12.0 Å². The van der Waals surface area contributed by atoms with Gasteiger partial charge in [-0.15, -0.1) is 21.5 Å². The van der Waals surface area contributed by atoms with Crippen molar-refractivity contribution < 1.29 is 14.3 Å². The van der Waals surface area contributed by atoms with Crippen molar-refractivity contribution in [2.45, 2.75) is 32.7 Å². The Kier molecular flexibility index (Phi) is 8.53. The standard InChI is InChI=1S/C27H33N5O3S/c1-4-20(2)32(27(34)24-10-6-17-36-24)19-26(33)31-14-7-13-30(15-16-31)25-12-11-23(28-29-25)21-8-5-9-22(18-21)35-3/h5-6,8-12,17-18,20H,4,7,13-16,19H2,1-3H3/t20-/m1/s1. The van der Waals surface area contributed by atoms with E-state index in [4.69, 9.17) is 4.74 Å². The van der Waals surface area contributed by atoms with Gasteiger partial charge in [-0.05, 0) is 55.5 Å². The molecule has 2 aromatic heterocycles. The zero-order chi connectivity index (χ0) is 25.5. The van der Waals surface area contributed by atoms with Gasteiger partial charge in [0.25, 0.3) is 5.91 Å². The Morgan fingerprint density at radius 3 is 2.64 bits per heavy atom. The molecule has 36 heavy (non-hydrogen) atoms. The molecule has 190 valence electrons. The molecule has 1 saturated heterocycles. The van der Waals surface area contributed by atoms with Crippen molar-refractivity contribution in [1.29, 1.82) is 0 Å². The van der Waals surface area contributed by atoms with Gasteiger partial charge in [-0.25, -0.2) is 0 Å². The van der Waals surface area contributed by atoms with E-state index >= 15 is 0 Å². The average Bonchev–Trinajstić information content (AvgIpc) is 3.35. The molecule has 0 spiro atoms. The normalized spacial score (nSPS) is 14.8. The molecule has 1 aliphatic rings. The van der Waals surface area contributed by atoms with Crippen LogP contribution in [0.3, 0.4) is 0 Å². The second-order valence-corrected chi connectivity index (χ2v) is 9.85. The molecule has 0 N–H and O–H groups in total. The summed E-state index contributed by atoms with van der Waals surface area (Å²) in [5.41, 5.74) is 1.73. The highest BCUT2D eigenvalue weighted by Crippen LogP contribution is 2.23. The Morgan fingerprint density at radius 1 is 1.08 bits per heavy atom. The first-order valence-corrected chi connectivity index (χ1v) is 13.2. The summed E-state index contributed by atoms with van der Waals surface area (Å²) >= 11 is 1.41. The maximum Gasteiger partial charge on any atom is 0.264 e. The molecule has 8 nitrogen and oxygen atoms in total. The summed E-state index contributed by atoms with van der Waals surface area (Å²) in [5, 5.41) is 10.8. The first kappa shape index (κ1) is 25.6. The number of aromatic nitrogens is 2. The van der Waals surface area contributed by atoms with Crippen LogP contribution >= 0.6 is 11.3 Å². The van der Waals surface area contributed by atoms with Gasteiger partial charge in [0, 0.05) is 37.8 Å². The topological polar surface area (TPSA) is 78.9 Å². The minimum atomic E-state index is -0.0736. The Bertz CT molecular complexity index is 1150. The molecule has 4 rings (SSSR count). The van der Waals surface area contributed by atoms with Gasteiger partial charge in [-0.1, -0.05) is 25.1 Å². The van der Waals surface area contributed by atoms with E-state index in [2.05, 4.69) is 15.1 Å². The third-order valence-corrected chi connectivity index (χ3v) is 7.47. The molecule has 1 aromatic carbocycles. The van der Waals surface area contributed by atoms with Crippen LogP contribution in [0.1, 0.15) is 36.4 Å². The first-order chi connectivity index (χ1) is 17.5. The molecule has 0 bridgehead atoms. The van der Waals surface area contributed by atoms with Crippen molar-refractivity contribution in [3.63, 3.8) is 0 Å². The molecule has 0 radical (unpaired) electrons. The van der Waals surface area contributed by atoms with Crippen molar-refractivity contribution in [2.75, 3.05) is 44.7 Å². The number of carbonyl (C=O) groups is 2. The van der Waals surface area contributed by atoms with Gasteiger partial charge in [-0.3, -0.25) is 9.59 Å². The van der Waals surface area contributed by atoms with Gasteiger partial charge in [0.05, 0.1) is 17.7 Å². The lowest BCUT2D eigenvalue weighted by molar-refractivity contribution is -0.132. The maximum atomic E-state index is 13.2. The smallest absolute Gasteiger partial charge is 0.264 e. The van der Waals surface area contributed by atoms with Crippen LogP contribution < -0.4 is 9.64 Å². The quantitative estimate of drug-likeness (QED) is 0.455. The highest BCUT2D eigenvalue weighted by molar-refractivity contribution is 7.12. The van der Waals surface area contributed by atoms with Crippen LogP contribution in [0.4, 0.5) is 5.82 Å². The highest BCUT2D eigenvalue weighted by Gasteiger charge is 2.27. The number of amides is 2. The zero-order valence-corrected chi connectivity index (χ0v) is 21.9. The number of methoxy groups -OCH3 is 1. The lowest BCUT2D eigenvalue weighted by atomic mass is 10.1. The summed E-state index contributed by atoms with van der Waals surface area (Å²) in [7, 11) is 1.64. The van der Waals surface area contributed by atoms with Crippen LogP contribution in [0.2, 0.25) is 0 Å². The Labute approximate surface area is 216 Å². The first-order valence-electron chi connectivity index (χ1n) is 12.4. The van der Waals surface area contributed by atoms with E-state index < -0.39 is 0 Å². The van der Waals surface area contributed by atoms with E-state index in [0.717, 1.165) is 42.2 Å². The Balaban J connectivity index is 1.38. The monoisotopic (exact) mass is 507 g/mol. The fraction of sp³-hybridized carbons (Fsp3) is 0.407. The largest absolute Gasteiger partial charge is 0.497 e. The summed E-state index contributed by atoms with van der Waals surface area (Å²) in [6.07, 6.45) is 1.62. The third kappa shape index (κ3) is 6.02. The Morgan fingerprint density at radius 2 is 1.94 bits per heavy atom. The van der Waals surface area contributed by atoms with Crippen LogP contribution in [0.5, 0.6) is 5.75 Å². The number of thiophene rings is 1. The van der Waals surface area contributed by atoms with Crippen molar-refractivity contribution in [3.8, 4) is 17.0 Å². The molecular formula is C27H33N5O3S. The van der Waals surface area contributed by atoms with E-state index in [-0.39, 0.29) is 24.4 Å². The van der Waals surface area contributed by atoms with E-state index in [1.165, 1.54) is 11.3 Å². The number of benzene rings is 1. The lowest BCUT2D eigenvalue weighted by Gasteiger charge is -2.30. The van der Waals surface area contributed by atoms with Gasteiger partial charge in [0.15, 0.2) is 5.82 Å². The predicted molar refractivity (Wildman–Crippen MR) is 143 cm³/mol. The molecule has 3 heterocycles. The number of hydrogen-bond donors (Lipinski definition) is 0. The number of carbonyl (C=O) groups excluding carboxylic acids is 2. The second kappa shape index (κ2) is 12.0. The number of nitrogens with zero attached hydrogens (tertiary/aromatic N) is 5. The maximum absolute atomic E-state index is 13.2. The molecule has 1 fully saturated rings. The fourth-order valence-corrected chi connectivity index (χ4v) is 4.94. The molecule has 0 saturated carbocycles. The fourth-order valence-electron chi connectivity index (χ4n) is 4.26. The summed E-state index contributed by atoms with van der Waals surface area (Å²) in [6.45, 7) is 6.83. The summed E-state index contributed by atoms with van der Waals surface area (Å²) in [6, 6.07) is 15.4. The highest BCUT2D eigenvalue weighted by atomic mass is 32.1. The number of ether oxygens (including phenoxy) is 1. The molecule has 9 heteroatoms. The van der Waals surface area contributed by atoms with Crippen molar-refractivity contribution in [2.24, 2.45) is 0 Å². The van der Waals surface area contributed by atoms with E-state index in [1.807, 2.05) is 72.7 Å².